The average Bonchev–Trinajstić information content (AvgIpc) is 2.86. The highest BCUT2D eigenvalue weighted by molar-refractivity contribution is 7.14. The van der Waals surface area contributed by atoms with Gasteiger partial charge in [-0.25, -0.2) is 9.59 Å². The van der Waals surface area contributed by atoms with Crippen LogP contribution in [0, 0.1) is 0 Å². The normalized spacial score (nSPS) is 13.2. The first-order valence-corrected chi connectivity index (χ1v) is 6.75. The van der Waals surface area contributed by atoms with Crippen LogP contribution >= 0.6 is 11.3 Å². The maximum absolute atomic E-state index is 12.0. The van der Waals surface area contributed by atoms with Crippen molar-refractivity contribution in [1.82, 2.24) is 5.01 Å². The van der Waals surface area contributed by atoms with Gasteiger partial charge in [0.2, 0.25) is 0 Å². The Labute approximate surface area is 114 Å². The van der Waals surface area contributed by atoms with Crippen LogP contribution in [-0.4, -0.2) is 30.4 Å². The van der Waals surface area contributed by atoms with Gasteiger partial charge >= 0.3 is 12.2 Å². The minimum Gasteiger partial charge on any atom is -0.448 e. The van der Waals surface area contributed by atoms with Crippen molar-refractivity contribution < 1.29 is 19.1 Å². The van der Waals surface area contributed by atoms with E-state index in [4.69, 9.17) is 9.47 Å². The number of fused-ring (bicyclic) bond motifs is 1. The molecule has 0 unspecified atom stereocenters. The largest absolute Gasteiger partial charge is 0.448 e. The summed E-state index contributed by atoms with van der Waals surface area (Å²) in [6, 6.07) is 1.87. The molecule has 2 heterocycles. The zero-order valence-electron chi connectivity index (χ0n) is 10.7. The number of ether oxygens (including phenoxy) is 2. The summed E-state index contributed by atoms with van der Waals surface area (Å²) >= 11 is 1.35. The highest BCUT2D eigenvalue weighted by Crippen LogP contribution is 2.34. The molecule has 1 aliphatic heterocycles. The molecule has 2 rings (SSSR count). The first kappa shape index (κ1) is 13.4. The van der Waals surface area contributed by atoms with E-state index in [2.05, 4.69) is 0 Å². The molecule has 1 aliphatic rings. The van der Waals surface area contributed by atoms with E-state index in [9.17, 15) is 9.59 Å². The van der Waals surface area contributed by atoms with Gasteiger partial charge < -0.3 is 9.47 Å². The first-order valence-electron chi connectivity index (χ1n) is 5.87. The van der Waals surface area contributed by atoms with E-state index in [0.717, 1.165) is 10.6 Å². The van der Waals surface area contributed by atoms with Crippen molar-refractivity contribution in [3.8, 4) is 0 Å². The smallest absolute Gasteiger partial charge is 0.434 e. The molecule has 7 heteroatoms. The van der Waals surface area contributed by atoms with Crippen LogP contribution in [0.2, 0.25) is 0 Å². The lowest BCUT2D eigenvalue weighted by atomic mass is 10.3. The number of nitrogens with zero attached hydrogens (tertiary/aromatic N) is 2. The number of hydrazine groups is 1. The van der Waals surface area contributed by atoms with Crippen molar-refractivity contribution in [3.63, 3.8) is 0 Å². The Kier molecular flexibility index (Phi) is 4.06. The number of carbonyl (C=O) groups excluding carboxylic acids is 2. The van der Waals surface area contributed by atoms with Gasteiger partial charge in [-0.1, -0.05) is 0 Å². The fraction of sp³-hybridized carbons (Fsp3) is 0.333. The molecule has 102 valence electrons. The topological polar surface area (TPSA) is 59.1 Å². The van der Waals surface area contributed by atoms with Gasteiger partial charge in [0.15, 0.2) is 0 Å². The number of hydrogen-bond acceptors (Lipinski definition) is 5. The molecule has 0 N–H and O–H groups in total. The molecule has 2 amide bonds. The average molecular weight is 282 g/mol. The summed E-state index contributed by atoms with van der Waals surface area (Å²) in [5.41, 5.74) is 0.860. The molecule has 1 aromatic rings. The molecule has 19 heavy (non-hydrogen) atoms. The number of carbonyl (C=O) groups is 2. The monoisotopic (exact) mass is 282 g/mol. The fourth-order valence-electron chi connectivity index (χ4n) is 1.61. The van der Waals surface area contributed by atoms with Crippen LogP contribution in [0.15, 0.2) is 17.6 Å². The maximum atomic E-state index is 12.0. The van der Waals surface area contributed by atoms with Crippen LogP contribution in [0.5, 0.6) is 0 Å². The summed E-state index contributed by atoms with van der Waals surface area (Å²) in [6.45, 7) is 3.88. The number of hydrogen-bond donors (Lipinski definition) is 0. The molecule has 0 saturated heterocycles. The van der Waals surface area contributed by atoms with Gasteiger partial charge in [0.05, 0.1) is 13.2 Å². The predicted molar refractivity (Wildman–Crippen MR) is 71.7 cm³/mol. The summed E-state index contributed by atoms with van der Waals surface area (Å²) in [5.74, 6) is 0. The summed E-state index contributed by atoms with van der Waals surface area (Å²) in [5, 5.41) is 4.77. The maximum Gasteiger partial charge on any atom is 0.434 e. The van der Waals surface area contributed by atoms with Crippen molar-refractivity contribution in [2.75, 3.05) is 18.2 Å². The molecule has 0 aromatic carbocycles. The number of rotatable bonds is 2. The van der Waals surface area contributed by atoms with Crippen LogP contribution in [0.4, 0.5) is 14.6 Å². The Bertz CT molecular complexity index is 512. The van der Waals surface area contributed by atoms with Gasteiger partial charge in [-0.15, -0.1) is 11.3 Å². The van der Waals surface area contributed by atoms with Crippen molar-refractivity contribution in [2.24, 2.45) is 0 Å². The third-order valence-corrected chi connectivity index (χ3v) is 3.28. The Hall–Kier alpha value is -2.02. The minimum absolute atomic E-state index is 0.233. The third-order valence-electron chi connectivity index (χ3n) is 2.37. The summed E-state index contributed by atoms with van der Waals surface area (Å²) in [7, 11) is 0. The highest BCUT2D eigenvalue weighted by atomic mass is 32.1. The van der Waals surface area contributed by atoms with Crippen LogP contribution in [-0.2, 0) is 9.47 Å². The molecular weight excluding hydrogens is 268 g/mol. The van der Waals surface area contributed by atoms with Crippen molar-refractivity contribution in [2.45, 2.75) is 13.8 Å². The molecule has 0 bridgehead atoms. The summed E-state index contributed by atoms with van der Waals surface area (Å²) in [6.07, 6.45) is 2.01. The van der Waals surface area contributed by atoms with E-state index < -0.39 is 12.2 Å². The van der Waals surface area contributed by atoms with E-state index in [1.54, 1.807) is 19.9 Å². The number of thiophene rings is 1. The van der Waals surface area contributed by atoms with E-state index in [-0.39, 0.29) is 13.2 Å². The van der Waals surface area contributed by atoms with Gasteiger partial charge in [-0.05, 0) is 31.4 Å². The molecule has 6 nitrogen and oxygen atoms in total. The van der Waals surface area contributed by atoms with Crippen LogP contribution < -0.4 is 5.01 Å². The first-order chi connectivity index (χ1) is 9.19. The molecule has 0 spiro atoms. The van der Waals surface area contributed by atoms with Gasteiger partial charge in [0.25, 0.3) is 0 Å². The van der Waals surface area contributed by atoms with Crippen LogP contribution in [0.25, 0.3) is 6.08 Å². The molecule has 0 atom stereocenters. The SMILES string of the molecule is CCOC(=O)N1C=Cc2ccsc2N1C(=O)OCC. The van der Waals surface area contributed by atoms with Crippen LogP contribution in [0.3, 0.4) is 0 Å². The third kappa shape index (κ3) is 2.55. The van der Waals surface area contributed by atoms with Gasteiger partial charge in [-0.3, -0.25) is 0 Å². The lowest BCUT2D eigenvalue weighted by Crippen LogP contribution is -2.48. The van der Waals surface area contributed by atoms with E-state index in [0.29, 0.717) is 5.00 Å². The molecule has 0 radical (unpaired) electrons. The van der Waals surface area contributed by atoms with Gasteiger partial charge in [0.1, 0.15) is 5.00 Å². The van der Waals surface area contributed by atoms with Crippen LogP contribution in [0.1, 0.15) is 19.4 Å². The van der Waals surface area contributed by atoms with Crippen molar-refractivity contribution >= 4 is 34.6 Å². The lowest BCUT2D eigenvalue weighted by Gasteiger charge is -2.32. The molecular formula is C12H14N2O4S. The van der Waals surface area contributed by atoms with Gasteiger partial charge in [0, 0.05) is 11.8 Å². The van der Waals surface area contributed by atoms with Crippen molar-refractivity contribution in [1.29, 1.82) is 0 Å². The second kappa shape index (κ2) is 5.75. The second-order valence-electron chi connectivity index (χ2n) is 3.55. The minimum atomic E-state index is -0.620. The lowest BCUT2D eigenvalue weighted by molar-refractivity contribution is 0.107. The van der Waals surface area contributed by atoms with Crippen molar-refractivity contribution in [3.05, 3.63) is 23.2 Å². The fourth-order valence-corrected chi connectivity index (χ4v) is 2.49. The standard InChI is InChI=1S/C12H14N2O4S/c1-3-17-11(15)13-7-5-9-6-8-19-10(9)14(13)12(16)18-4-2/h5-8H,3-4H2,1-2H3. The Morgan fingerprint density at radius 2 is 1.89 bits per heavy atom. The Balaban J connectivity index is 2.32. The molecule has 0 saturated carbocycles. The predicted octanol–water partition coefficient (Wildman–Crippen LogP) is 3.07. The number of amides is 2. The zero-order chi connectivity index (χ0) is 13.8. The summed E-state index contributed by atoms with van der Waals surface area (Å²) in [4.78, 5) is 23.9. The van der Waals surface area contributed by atoms with Gasteiger partial charge in [-0.2, -0.15) is 10.0 Å². The quantitative estimate of drug-likeness (QED) is 0.836. The highest BCUT2D eigenvalue weighted by Gasteiger charge is 2.33. The molecule has 1 aromatic heterocycles. The Morgan fingerprint density at radius 1 is 1.21 bits per heavy atom. The Morgan fingerprint density at radius 3 is 2.58 bits per heavy atom. The van der Waals surface area contributed by atoms with E-state index in [1.807, 2.05) is 11.4 Å². The zero-order valence-corrected chi connectivity index (χ0v) is 11.5. The summed E-state index contributed by atoms with van der Waals surface area (Å²) < 4.78 is 9.90. The van der Waals surface area contributed by atoms with E-state index >= 15 is 0 Å². The molecule has 0 fully saturated rings. The number of anilines is 1. The molecule has 0 aliphatic carbocycles. The van der Waals surface area contributed by atoms with E-state index in [1.165, 1.54) is 22.5 Å². The second-order valence-corrected chi connectivity index (χ2v) is 4.45.